The van der Waals surface area contributed by atoms with Gasteiger partial charge in [-0.15, -0.1) is 0 Å². The fourth-order valence-corrected chi connectivity index (χ4v) is 2.09. The molecular formula is C15H12O2. The predicted molar refractivity (Wildman–Crippen MR) is 68.8 cm³/mol. The number of hydrogen-bond acceptors (Lipinski definition) is 2. The summed E-state index contributed by atoms with van der Waals surface area (Å²) in [5, 5.41) is 0.643. The van der Waals surface area contributed by atoms with Crippen molar-refractivity contribution in [3.63, 3.8) is 0 Å². The number of benzene rings is 1. The second-order valence-electron chi connectivity index (χ2n) is 4.11. The summed E-state index contributed by atoms with van der Waals surface area (Å²) in [5.41, 5.74) is 2.31. The van der Waals surface area contributed by atoms with E-state index in [0.717, 1.165) is 18.4 Å². The number of para-hydroxylation sites is 1. The molecule has 17 heavy (non-hydrogen) atoms. The average Bonchev–Trinajstić information content (AvgIpc) is 2.40. The number of fused-ring (bicyclic) bond motifs is 1. The van der Waals surface area contributed by atoms with Crippen molar-refractivity contribution in [3.05, 3.63) is 64.5 Å². The third-order valence-electron chi connectivity index (χ3n) is 2.99. The van der Waals surface area contributed by atoms with Crippen LogP contribution < -0.4 is 5.43 Å². The van der Waals surface area contributed by atoms with E-state index >= 15 is 0 Å². The molecule has 0 atom stereocenters. The van der Waals surface area contributed by atoms with Gasteiger partial charge in [0, 0.05) is 0 Å². The van der Waals surface area contributed by atoms with E-state index in [1.54, 1.807) is 12.3 Å². The lowest BCUT2D eigenvalue weighted by Gasteiger charge is -2.06. The number of rotatable bonds is 1. The molecule has 0 N–H and O–H groups in total. The van der Waals surface area contributed by atoms with Crippen molar-refractivity contribution in [2.24, 2.45) is 0 Å². The third kappa shape index (κ3) is 1.72. The molecule has 1 heterocycles. The highest BCUT2D eigenvalue weighted by Gasteiger charge is 2.09. The van der Waals surface area contributed by atoms with Gasteiger partial charge in [0.25, 0.3) is 0 Å². The zero-order valence-electron chi connectivity index (χ0n) is 9.35. The Morgan fingerprint density at radius 3 is 2.82 bits per heavy atom. The molecule has 2 aromatic rings. The van der Waals surface area contributed by atoms with Gasteiger partial charge in [-0.3, -0.25) is 4.79 Å². The van der Waals surface area contributed by atoms with E-state index in [4.69, 9.17) is 4.42 Å². The normalized spacial score (nSPS) is 14.9. The van der Waals surface area contributed by atoms with Gasteiger partial charge in [0.15, 0.2) is 5.43 Å². The van der Waals surface area contributed by atoms with Crippen molar-refractivity contribution in [3.8, 4) is 0 Å². The van der Waals surface area contributed by atoms with E-state index in [1.165, 1.54) is 0 Å². The van der Waals surface area contributed by atoms with Gasteiger partial charge >= 0.3 is 0 Å². The van der Waals surface area contributed by atoms with Crippen LogP contribution in [0.5, 0.6) is 0 Å². The quantitative estimate of drug-likeness (QED) is 0.741. The van der Waals surface area contributed by atoms with Crippen LogP contribution in [-0.2, 0) is 0 Å². The number of allylic oxidation sites excluding steroid dienone is 4. The summed E-state index contributed by atoms with van der Waals surface area (Å²) >= 11 is 0. The van der Waals surface area contributed by atoms with Crippen molar-refractivity contribution in [1.29, 1.82) is 0 Å². The minimum absolute atomic E-state index is 0.0460. The second-order valence-corrected chi connectivity index (χ2v) is 4.11. The molecule has 0 saturated carbocycles. The first-order chi connectivity index (χ1) is 8.36. The zero-order chi connectivity index (χ0) is 11.7. The molecule has 1 aromatic heterocycles. The van der Waals surface area contributed by atoms with Crippen molar-refractivity contribution in [1.82, 2.24) is 0 Å². The molecule has 0 saturated heterocycles. The van der Waals surface area contributed by atoms with Gasteiger partial charge in [0.2, 0.25) is 0 Å². The highest BCUT2D eigenvalue weighted by atomic mass is 16.3. The van der Waals surface area contributed by atoms with E-state index in [2.05, 4.69) is 12.2 Å². The molecule has 0 bridgehead atoms. The van der Waals surface area contributed by atoms with Crippen molar-refractivity contribution in [2.75, 3.05) is 0 Å². The Morgan fingerprint density at radius 1 is 1.12 bits per heavy atom. The van der Waals surface area contributed by atoms with Gasteiger partial charge in [-0.25, -0.2) is 0 Å². The van der Waals surface area contributed by atoms with Crippen LogP contribution in [0, 0.1) is 0 Å². The Balaban J connectivity index is 2.25. The lowest BCUT2D eigenvalue weighted by Crippen LogP contribution is -2.07. The van der Waals surface area contributed by atoms with E-state index < -0.39 is 0 Å². The molecule has 0 fully saturated rings. The van der Waals surface area contributed by atoms with Crippen LogP contribution >= 0.6 is 0 Å². The van der Waals surface area contributed by atoms with E-state index in [9.17, 15) is 4.79 Å². The molecular weight excluding hydrogens is 212 g/mol. The Bertz CT molecular complexity index is 675. The zero-order valence-corrected chi connectivity index (χ0v) is 9.35. The monoisotopic (exact) mass is 224 g/mol. The first-order valence-corrected chi connectivity index (χ1v) is 5.74. The van der Waals surface area contributed by atoms with Gasteiger partial charge in [-0.1, -0.05) is 30.4 Å². The van der Waals surface area contributed by atoms with Crippen LogP contribution in [0.2, 0.25) is 0 Å². The summed E-state index contributed by atoms with van der Waals surface area (Å²) in [7, 11) is 0. The standard InChI is InChI=1S/C15H12O2/c16-15-12-8-4-5-9-14(12)17-10-13(15)11-6-2-1-3-7-11/h2,4-10H,1,3H2. The maximum absolute atomic E-state index is 12.3. The highest BCUT2D eigenvalue weighted by molar-refractivity contribution is 5.83. The van der Waals surface area contributed by atoms with Gasteiger partial charge in [0.1, 0.15) is 11.8 Å². The molecule has 0 amide bonds. The molecule has 1 aliphatic carbocycles. The Kier molecular flexibility index (Phi) is 2.41. The molecule has 84 valence electrons. The first-order valence-electron chi connectivity index (χ1n) is 5.74. The highest BCUT2D eigenvalue weighted by Crippen LogP contribution is 2.20. The SMILES string of the molecule is O=c1c(C2=CCCC=C2)coc2ccccc12. The van der Waals surface area contributed by atoms with E-state index in [1.807, 2.05) is 24.3 Å². The molecule has 0 unspecified atom stereocenters. The smallest absolute Gasteiger partial charge is 0.200 e. The minimum Gasteiger partial charge on any atom is -0.463 e. The minimum atomic E-state index is 0.0460. The van der Waals surface area contributed by atoms with Gasteiger partial charge in [-0.05, 0) is 30.5 Å². The molecule has 0 aliphatic heterocycles. The van der Waals surface area contributed by atoms with Crippen molar-refractivity contribution in [2.45, 2.75) is 12.8 Å². The topological polar surface area (TPSA) is 30.2 Å². The molecule has 3 rings (SSSR count). The summed E-state index contributed by atoms with van der Waals surface area (Å²) in [6.07, 6.45) is 9.75. The second kappa shape index (κ2) is 4.06. The fraction of sp³-hybridized carbons (Fsp3) is 0.133. The molecule has 0 radical (unpaired) electrons. The van der Waals surface area contributed by atoms with Crippen LogP contribution in [0.1, 0.15) is 18.4 Å². The molecule has 1 aromatic carbocycles. The van der Waals surface area contributed by atoms with Crippen LogP contribution in [-0.4, -0.2) is 0 Å². The van der Waals surface area contributed by atoms with Crippen LogP contribution in [0.25, 0.3) is 16.5 Å². The lowest BCUT2D eigenvalue weighted by molar-refractivity contribution is 0.600. The van der Waals surface area contributed by atoms with Gasteiger partial charge in [0.05, 0.1) is 10.9 Å². The predicted octanol–water partition coefficient (Wildman–Crippen LogP) is 3.53. The van der Waals surface area contributed by atoms with Crippen LogP contribution in [0.3, 0.4) is 0 Å². The van der Waals surface area contributed by atoms with Gasteiger partial charge < -0.3 is 4.42 Å². The maximum Gasteiger partial charge on any atom is 0.200 e. The fourth-order valence-electron chi connectivity index (χ4n) is 2.09. The molecule has 0 spiro atoms. The van der Waals surface area contributed by atoms with Crippen molar-refractivity contribution < 1.29 is 4.42 Å². The lowest BCUT2D eigenvalue weighted by atomic mass is 10.00. The largest absolute Gasteiger partial charge is 0.463 e. The molecule has 2 heteroatoms. The number of hydrogen-bond donors (Lipinski definition) is 0. The first kappa shape index (κ1) is 10.1. The Hall–Kier alpha value is -2.09. The summed E-state index contributed by atoms with van der Waals surface area (Å²) in [5.74, 6) is 0. The van der Waals surface area contributed by atoms with Crippen LogP contribution in [0.4, 0.5) is 0 Å². The molecule has 1 aliphatic rings. The molecule has 2 nitrogen and oxygen atoms in total. The third-order valence-corrected chi connectivity index (χ3v) is 2.99. The average molecular weight is 224 g/mol. The summed E-state index contributed by atoms with van der Waals surface area (Å²) < 4.78 is 5.50. The van der Waals surface area contributed by atoms with E-state index in [0.29, 0.717) is 16.5 Å². The van der Waals surface area contributed by atoms with Crippen molar-refractivity contribution >= 4 is 16.5 Å². The Labute approximate surface area is 98.9 Å². The summed E-state index contributed by atoms with van der Waals surface area (Å²) in [6.45, 7) is 0. The van der Waals surface area contributed by atoms with Crippen LogP contribution in [0.15, 0.2) is 58.0 Å². The van der Waals surface area contributed by atoms with E-state index in [-0.39, 0.29) is 5.43 Å². The summed E-state index contributed by atoms with van der Waals surface area (Å²) in [4.78, 5) is 12.3. The summed E-state index contributed by atoms with van der Waals surface area (Å²) in [6, 6.07) is 7.34. The Morgan fingerprint density at radius 2 is 2.00 bits per heavy atom. The maximum atomic E-state index is 12.3. The van der Waals surface area contributed by atoms with Gasteiger partial charge in [-0.2, -0.15) is 0 Å².